The van der Waals surface area contributed by atoms with Crippen LogP contribution in [-0.2, 0) is 6.61 Å². The molecule has 1 saturated heterocycles. The van der Waals surface area contributed by atoms with Gasteiger partial charge in [0, 0.05) is 32.2 Å². The van der Waals surface area contributed by atoms with Crippen LogP contribution in [0.5, 0.6) is 5.75 Å². The van der Waals surface area contributed by atoms with Crippen molar-refractivity contribution in [3.05, 3.63) is 64.2 Å². The number of nitro groups is 1. The van der Waals surface area contributed by atoms with Gasteiger partial charge in [-0.15, -0.1) is 0 Å². The van der Waals surface area contributed by atoms with Crippen LogP contribution < -0.4 is 15.0 Å². The van der Waals surface area contributed by atoms with Gasteiger partial charge in [0.2, 0.25) is 5.75 Å². The normalized spacial score (nSPS) is 14.5. The van der Waals surface area contributed by atoms with Gasteiger partial charge in [-0.1, -0.05) is 36.4 Å². The molecule has 0 bridgehead atoms. The number of rotatable bonds is 5. The van der Waals surface area contributed by atoms with Gasteiger partial charge in [0.15, 0.2) is 0 Å². The summed E-state index contributed by atoms with van der Waals surface area (Å²) in [5, 5.41) is 14.6. The van der Waals surface area contributed by atoms with Gasteiger partial charge in [0.1, 0.15) is 6.61 Å². The first-order valence-electron chi connectivity index (χ1n) is 7.65. The van der Waals surface area contributed by atoms with Crippen LogP contribution in [0.4, 0.5) is 11.4 Å². The zero-order chi connectivity index (χ0) is 16.1. The van der Waals surface area contributed by atoms with E-state index in [1.54, 1.807) is 6.07 Å². The van der Waals surface area contributed by atoms with E-state index in [0.717, 1.165) is 37.4 Å². The summed E-state index contributed by atoms with van der Waals surface area (Å²) < 4.78 is 5.87. The van der Waals surface area contributed by atoms with Crippen molar-refractivity contribution in [3.63, 3.8) is 0 Å². The van der Waals surface area contributed by atoms with E-state index in [1.165, 1.54) is 6.07 Å². The van der Waals surface area contributed by atoms with E-state index >= 15 is 0 Å². The van der Waals surface area contributed by atoms with E-state index in [9.17, 15) is 10.1 Å². The summed E-state index contributed by atoms with van der Waals surface area (Å²) in [6.07, 6.45) is 0. The highest BCUT2D eigenvalue weighted by molar-refractivity contribution is 5.67. The van der Waals surface area contributed by atoms with Crippen molar-refractivity contribution in [1.29, 1.82) is 0 Å². The average Bonchev–Trinajstić information content (AvgIpc) is 2.61. The van der Waals surface area contributed by atoms with Gasteiger partial charge in [-0.3, -0.25) is 10.1 Å². The smallest absolute Gasteiger partial charge is 0.313 e. The van der Waals surface area contributed by atoms with E-state index in [-0.39, 0.29) is 10.6 Å². The fraction of sp³-hybridized carbons (Fsp3) is 0.294. The molecule has 3 rings (SSSR count). The number of anilines is 1. The highest BCUT2D eigenvalue weighted by Crippen LogP contribution is 2.38. The molecule has 0 atom stereocenters. The third kappa shape index (κ3) is 3.60. The molecule has 6 nitrogen and oxygen atoms in total. The third-order valence-corrected chi connectivity index (χ3v) is 3.85. The summed E-state index contributed by atoms with van der Waals surface area (Å²) in [4.78, 5) is 13.1. The van der Waals surface area contributed by atoms with Crippen molar-refractivity contribution in [1.82, 2.24) is 5.32 Å². The predicted molar refractivity (Wildman–Crippen MR) is 89.0 cm³/mol. The Morgan fingerprint density at radius 2 is 1.83 bits per heavy atom. The summed E-state index contributed by atoms with van der Waals surface area (Å²) in [5.41, 5.74) is 1.78. The van der Waals surface area contributed by atoms with E-state index in [1.807, 2.05) is 36.4 Å². The van der Waals surface area contributed by atoms with Crippen molar-refractivity contribution in [2.75, 3.05) is 31.1 Å². The van der Waals surface area contributed by atoms with Gasteiger partial charge in [-0.05, 0) is 11.6 Å². The van der Waals surface area contributed by atoms with Gasteiger partial charge in [-0.2, -0.15) is 0 Å². The summed E-state index contributed by atoms with van der Waals surface area (Å²) >= 11 is 0. The van der Waals surface area contributed by atoms with E-state index in [4.69, 9.17) is 4.74 Å². The molecule has 2 aromatic rings. The van der Waals surface area contributed by atoms with Crippen LogP contribution in [0.1, 0.15) is 5.56 Å². The Bertz CT molecular complexity index is 670. The Kier molecular flexibility index (Phi) is 4.73. The number of nitrogens with one attached hydrogen (secondary N) is 1. The molecule has 6 heteroatoms. The van der Waals surface area contributed by atoms with Crippen molar-refractivity contribution >= 4 is 11.4 Å². The van der Waals surface area contributed by atoms with Crippen molar-refractivity contribution in [2.24, 2.45) is 0 Å². The summed E-state index contributed by atoms with van der Waals surface area (Å²) in [5.74, 6) is 0.350. The van der Waals surface area contributed by atoms with Crippen LogP contribution >= 0.6 is 0 Å². The molecule has 120 valence electrons. The number of ether oxygens (including phenoxy) is 1. The van der Waals surface area contributed by atoms with Crippen LogP contribution in [-0.4, -0.2) is 31.1 Å². The SMILES string of the molecule is O=[N+]([O-])c1cccc(N2CCNCC2)c1OCc1ccccc1. The Hall–Kier alpha value is -2.60. The number of hydrogen-bond donors (Lipinski definition) is 1. The Labute approximate surface area is 134 Å². The maximum Gasteiger partial charge on any atom is 0.313 e. The molecule has 0 aliphatic carbocycles. The topological polar surface area (TPSA) is 67.6 Å². The number of nitro benzene ring substituents is 1. The molecule has 1 heterocycles. The van der Waals surface area contributed by atoms with E-state index < -0.39 is 0 Å². The minimum atomic E-state index is -0.383. The second kappa shape index (κ2) is 7.11. The molecule has 1 aliphatic rings. The van der Waals surface area contributed by atoms with Crippen molar-refractivity contribution in [3.8, 4) is 5.75 Å². The Morgan fingerprint density at radius 1 is 1.09 bits per heavy atom. The molecule has 2 aromatic carbocycles. The molecule has 1 aliphatic heterocycles. The first-order valence-corrected chi connectivity index (χ1v) is 7.65. The molecule has 0 spiro atoms. The van der Waals surface area contributed by atoms with E-state index in [2.05, 4.69) is 10.2 Å². The fourth-order valence-corrected chi connectivity index (χ4v) is 2.69. The minimum Gasteiger partial charge on any atom is -0.481 e. The predicted octanol–water partition coefficient (Wildman–Crippen LogP) is 2.58. The first-order chi connectivity index (χ1) is 11.3. The quantitative estimate of drug-likeness (QED) is 0.679. The average molecular weight is 313 g/mol. The third-order valence-electron chi connectivity index (χ3n) is 3.85. The highest BCUT2D eigenvalue weighted by atomic mass is 16.6. The molecular formula is C17H19N3O3. The van der Waals surface area contributed by atoms with Crippen LogP contribution in [0.3, 0.4) is 0 Å². The van der Waals surface area contributed by atoms with Crippen LogP contribution in [0.15, 0.2) is 48.5 Å². The lowest BCUT2D eigenvalue weighted by Gasteiger charge is -2.30. The largest absolute Gasteiger partial charge is 0.481 e. The summed E-state index contributed by atoms with van der Waals surface area (Å²) in [7, 11) is 0. The monoisotopic (exact) mass is 313 g/mol. The number of benzene rings is 2. The van der Waals surface area contributed by atoms with Crippen molar-refractivity contribution < 1.29 is 9.66 Å². The first kappa shape index (κ1) is 15.3. The zero-order valence-corrected chi connectivity index (χ0v) is 12.8. The van der Waals surface area contributed by atoms with Crippen LogP contribution in [0.2, 0.25) is 0 Å². The lowest BCUT2D eigenvalue weighted by molar-refractivity contribution is -0.385. The number of piperazine rings is 1. The maximum absolute atomic E-state index is 11.4. The van der Waals surface area contributed by atoms with Gasteiger partial charge in [0.05, 0.1) is 10.6 Å². The van der Waals surface area contributed by atoms with Gasteiger partial charge in [-0.25, -0.2) is 0 Å². The molecule has 0 radical (unpaired) electrons. The minimum absolute atomic E-state index is 0.0111. The van der Waals surface area contributed by atoms with Gasteiger partial charge >= 0.3 is 5.69 Å². The van der Waals surface area contributed by atoms with Gasteiger partial charge < -0.3 is 15.0 Å². The van der Waals surface area contributed by atoms with Crippen molar-refractivity contribution in [2.45, 2.75) is 6.61 Å². The van der Waals surface area contributed by atoms with Crippen LogP contribution in [0.25, 0.3) is 0 Å². The van der Waals surface area contributed by atoms with Crippen LogP contribution in [0, 0.1) is 10.1 Å². The Morgan fingerprint density at radius 3 is 2.52 bits per heavy atom. The van der Waals surface area contributed by atoms with E-state index in [0.29, 0.717) is 12.4 Å². The lowest BCUT2D eigenvalue weighted by atomic mass is 10.2. The summed E-state index contributed by atoms with van der Waals surface area (Å²) in [6.45, 7) is 3.65. The molecule has 0 amide bonds. The number of hydrogen-bond acceptors (Lipinski definition) is 5. The molecule has 1 N–H and O–H groups in total. The number of nitrogens with zero attached hydrogens (tertiary/aromatic N) is 2. The highest BCUT2D eigenvalue weighted by Gasteiger charge is 2.23. The standard InChI is InChI=1S/C17H19N3O3/c21-20(22)16-8-4-7-15(19-11-9-18-10-12-19)17(16)23-13-14-5-2-1-3-6-14/h1-8,18H,9-13H2. The maximum atomic E-state index is 11.4. The second-order valence-corrected chi connectivity index (χ2v) is 5.39. The van der Waals surface area contributed by atoms with Gasteiger partial charge in [0.25, 0.3) is 0 Å². The molecule has 0 saturated carbocycles. The Balaban J connectivity index is 1.89. The molecular weight excluding hydrogens is 294 g/mol. The zero-order valence-electron chi connectivity index (χ0n) is 12.8. The lowest BCUT2D eigenvalue weighted by Crippen LogP contribution is -2.43. The molecule has 23 heavy (non-hydrogen) atoms. The fourth-order valence-electron chi connectivity index (χ4n) is 2.69. The molecule has 0 aromatic heterocycles. The molecule has 0 unspecified atom stereocenters. The number of para-hydroxylation sites is 1. The molecule has 1 fully saturated rings. The summed E-state index contributed by atoms with van der Waals surface area (Å²) in [6, 6.07) is 14.8. The second-order valence-electron chi connectivity index (χ2n) is 5.39.